The second kappa shape index (κ2) is 3.31. The first kappa shape index (κ1) is 9.35. The lowest BCUT2D eigenvalue weighted by molar-refractivity contribution is 0.767. The molecule has 80 valence electrons. The van der Waals surface area contributed by atoms with Crippen molar-refractivity contribution >= 4 is 23.3 Å². The van der Waals surface area contributed by atoms with Crippen molar-refractivity contribution < 1.29 is 0 Å². The van der Waals surface area contributed by atoms with Gasteiger partial charge in [-0.05, 0) is 24.4 Å². The van der Waals surface area contributed by atoms with E-state index in [-0.39, 0.29) is 0 Å². The maximum atomic E-state index is 5.31. The van der Waals surface area contributed by atoms with E-state index in [1.54, 1.807) is 10.9 Å². The number of para-hydroxylation sites is 2. The molecule has 0 amide bonds. The van der Waals surface area contributed by atoms with E-state index >= 15 is 0 Å². The van der Waals surface area contributed by atoms with Crippen LogP contribution in [0.1, 0.15) is 0 Å². The van der Waals surface area contributed by atoms with Gasteiger partial charge in [0.1, 0.15) is 0 Å². The minimum atomic E-state index is 0.689. The first-order valence-electron chi connectivity index (χ1n) is 4.94. The Hall–Kier alpha value is -1.88. The quantitative estimate of drug-likeness (QED) is 0.652. The molecule has 0 bridgehead atoms. The normalized spacial score (nSPS) is 11.1. The molecule has 1 N–H and O–H groups in total. The van der Waals surface area contributed by atoms with E-state index < -0.39 is 0 Å². The van der Waals surface area contributed by atoms with E-state index in [0.717, 1.165) is 16.7 Å². The maximum Gasteiger partial charge on any atom is 0.182 e. The van der Waals surface area contributed by atoms with Crippen LogP contribution >= 0.6 is 12.2 Å². The lowest BCUT2D eigenvalue weighted by Crippen LogP contribution is -1.91. The first-order chi connectivity index (χ1) is 7.75. The van der Waals surface area contributed by atoms with E-state index in [2.05, 4.69) is 10.1 Å². The number of aromatic nitrogens is 4. The molecule has 4 nitrogen and oxygen atoms in total. The Kier molecular flexibility index (Phi) is 1.94. The van der Waals surface area contributed by atoms with Crippen LogP contribution in [-0.4, -0.2) is 19.3 Å². The number of fused-ring (bicyclic) bond motifs is 1. The number of hydrogen-bond acceptors (Lipinski definition) is 2. The van der Waals surface area contributed by atoms with Gasteiger partial charge in [0.15, 0.2) is 4.77 Å². The van der Waals surface area contributed by atoms with Gasteiger partial charge >= 0.3 is 0 Å². The SMILES string of the molecule is Cn1cc(-n2c(=S)[nH]c3ccccc32)cn1. The topological polar surface area (TPSA) is 38.5 Å². The van der Waals surface area contributed by atoms with E-state index in [0.29, 0.717) is 4.77 Å². The summed E-state index contributed by atoms with van der Waals surface area (Å²) in [6, 6.07) is 8.03. The molecule has 2 heterocycles. The highest BCUT2D eigenvalue weighted by Crippen LogP contribution is 2.18. The molecule has 0 radical (unpaired) electrons. The van der Waals surface area contributed by atoms with Gasteiger partial charge in [-0.3, -0.25) is 9.25 Å². The summed E-state index contributed by atoms with van der Waals surface area (Å²) in [4.78, 5) is 3.18. The summed E-state index contributed by atoms with van der Waals surface area (Å²) in [5, 5.41) is 4.16. The molecule has 0 saturated carbocycles. The summed E-state index contributed by atoms with van der Waals surface area (Å²) < 4.78 is 4.44. The van der Waals surface area contributed by atoms with Crippen LogP contribution in [0, 0.1) is 4.77 Å². The van der Waals surface area contributed by atoms with Crippen molar-refractivity contribution in [2.24, 2.45) is 7.05 Å². The second-order valence-corrected chi connectivity index (χ2v) is 4.04. The number of benzene rings is 1. The molecule has 0 aliphatic heterocycles. The van der Waals surface area contributed by atoms with Crippen molar-refractivity contribution in [3.8, 4) is 5.69 Å². The van der Waals surface area contributed by atoms with Crippen LogP contribution < -0.4 is 0 Å². The summed E-state index contributed by atoms with van der Waals surface area (Å²) in [5.74, 6) is 0. The molecule has 1 aromatic carbocycles. The molecule has 5 heteroatoms. The first-order valence-corrected chi connectivity index (χ1v) is 5.35. The molecule has 0 aliphatic rings. The van der Waals surface area contributed by atoms with Crippen LogP contribution in [-0.2, 0) is 7.05 Å². The predicted molar refractivity (Wildman–Crippen MR) is 65.2 cm³/mol. The highest BCUT2D eigenvalue weighted by atomic mass is 32.1. The zero-order valence-electron chi connectivity index (χ0n) is 8.71. The molecule has 0 spiro atoms. The summed E-state index contributed by atoms with van der Waals surface area (Å²) in [5.41, 5.74) is 3.09. The fourth-order valence-electron chi connectivity index (χ4n) is 1.83. The van der Waals surface area contributed by atoms with Crippen molar-refractivity contribution in [3.05, 3.63) is 41.4 Å². The van der Waals surface area contributed by atoms with Crippen LogP contribution in [0.4, 0.5) is 0 Å². The van der Waals surface area contributed by atoms with Crippen LogP contribution in [0.3, 0.4) is 0 Å². The Morgan fingerprint density at radius 1 is 1.31 bits per heavy atom. The largest absolute Gasteiger partial charge is 0.330 e. The average molecular weight is 230 g/mol. The van der Waals surface area contributed by atoms with Crippen LogP contribution in [0.5, 0.6) is 0 Å². The summed E-state index contributed by atoms with van der Waals surface area (Å²) in [6.07, 6.45) is 3.74. The van der Waals surface area contributed by atoms with E-state index in [4.69, 9.17) is 12.2 Å². The molecule has 16 heavy (non-hydrogen) atoms. The maximum absolute atomic E-state index is 5.31. The van der Waals surface area contributed by atoms with Gasteiger partial charge in [-0.2, -0.15) is 5.10 Å². The van der Waals surface area contributed by atoms with Crippen LogP contribution in [0.2, 0.25) is 0 Å². The molecule has 0 unspecified atom stereocenters. The van der Waals surface area contributed by atoms with Crippen molar-refractivity contribution in [3.63, 3.8) is 0 Å². The minimum absolute atomic E-state index is 0.689. The third-order valence-corrected chi connectivity index (χ3v) is 2.82. The number of nitrogens with one attached hydrogen (secondary N) is 1. The second-order valence-electron chi connectivity index (χ2n) is 3.65. The zero-order chi connectivity index (χ0) is 11.1. The minimum Gasteiger partial charge on any atom is -0.330 e. The van der Waals surface area contributed by atoms with Crippen molar-refractivity contribution in [2.45, 2.75) is 0 Å². The van der Waals surface area contributed by atoms with Gasteiger partial charge in [-0.25, -0.2) is 0 Å². The molecule has 3 aromatic rings. The van der Waals surface area contributed by atoms with E-state index in [9.17, 15) is 0 Å². The Morgan fingerprint density at radius 2 is 2.12 bits per heavy atom. The van der Waals surface area contributed by atoms with Crippen LogP contribution in [0.25, 0.3) is 16.7 Å². The average Bonchev–Trinajstić information content (AvgIpc) is 2.80. The Labute approximate surface area is 97.1 Å². The van der Waals surface area contributed by atoms with E-state index in [1.807, 2.05) is 42.1 Å². The lowest BCUT2D eigenvalue weighted by atomic mass is 10.3. The third-order valence-electron chi connectivity index (χ3n) is 2.54. The zero-order valence-corrected chi connectivity index (χ0v) is 9.53. The van der Waals surface area contributed by atoms with Gasteiger partial charge in [0, 0.05) is 13.2 Å². The molecule has 0 atom stereocenters. The van der Waals surface area contributed by atoms with Gasteiger partial charge in [-0.1, -0.05) is 12.1 Å². The fraction of sp³-hybridized carbons (Fsp3) is 0.0909. The highest BCUT2D eigenvalue weighted by Gasteiger charge is 2.06. The van der Waals surface area contributed by atoms with Crippen molar-refractivity contribution in [1.29, 1.82) is 0 Å². The number of aromatic amines is 1. The number of H-pyrrole nitrogens is 1. The standard InChI is InChI=1S/C11H10N4S/c1-14-7-8(6-12-14)15-10-5-3-2-4-9(10)13-11(15)16/h2-7H,1H3,(H,13,16). The number of aryl methyl sites for hydroxylation is 1. The molecule has 0 saturated heterocycles. The van der Waals surface area contributed by atoms with E-state index in [1.165, 1.54) is 0 Å². The Bertz CT molecular complexity index is 704. The molecule has 0 fully saturated rings. The van der Waals surface area contributed by atoms with Gasteiger partial charge in [0.25, 0.3) is 0 Å². The lowest BCUT2D eigenvalue weighted by Gasteiger charge is -1.98. The summed E-state index contributed by atoms with van der Waals surface area (Å²) in [6.45, 7) is 0. The van der Waals surface area contributed by atoms with Crippen molar-refractivity contribution in [1.82, 2.24) is 19.3 Å². The molecular weight excluding hydrogens is 220 g/mol. The summed E-state index contributed by atoms with van der Waals surface area (Å²) >= 11 is 5.31. The van der Waals surface area contributed by atoms with Gasteiger partial charge in [0.2, 0.25) is 0 Å². The molecular formula is C11H10N4S. The molecule has 2 aromatic heterocycles. The monoisotopic (exact) mass is 230 g/mol. The van der Waals surface area contributed by atoms with Crippen LogP contribution in [0.15, 0.2) is 36.7 Å². The molecule has 3 rings (SSSR count). The van der Waals surface area contributed by atoms with Crippen molar-refractivity contribution in [2.75, 3.05) is 0 Å². The highest BCUT2D eigenvalue weighted by molar-refractivity contribution is 7.71. The Morgan fingerprint density at radius 3 is 2.88 bits per heavy atom. The number of imidazole rings is 1. The smallest absolute Gasteiger partial charge is 0.182 e. The number of hydrogen-bond donors (Lipinski definition) is 1. The van der Waals surface area contributed by atoms with Gasteiger partial charge in [0.05, 0.1) is 22.9 Å². The predicted octanol–water partition coefficient (Wildman–Crippen LogP) is 2.42. The summed E-state index contributed by atoms with van der Waals surface area (Å²) in [7, 11) is 1.89. The Balaban J connectivity index is 2.39. The number of rotatable bonds is 1. The van der Waals surface area contributed by atoms with Gasteiger partial charge < -0.3 is 4.98 Å². The third kappa shape index (κ3) is 1.29. The fourth-order valence-corrected chi connectivity index (χ4v) is 2.15. The number of nitrogens with zero attached hydrogens (tertiary/aromatic N) is 3. The van der Waals surface area contributed by atoms with Gasteiger partial charge in [-0.15, -0.1) is 0 Å². The molecule has 0 aliphatic carbocycles.